The molecule has 0 heterocycles. The molecular formula is C25H29Cl4N3O4S. The molecule has 1 saturated carbocycles. The van der Waals surface area contributed by atoms with Crippen LogP contribution in [0.25, 0.3) is 0 Å². The van der Waals surface area contributed by atoms with Gasteiger partial charge in [-0.1, -0.05) is 71.7 Å². The van der Waals surface area contributed by atoms with Crippen LogP contribution in [0.5, 0.6) is 0 Å². The van der Waals surface area contributed by atoms with Gasteiger partial charge < -0.3 is 10.2 Å². The van der Waals surface area contributed by atoms with Gasteiger partial charge >= 0.3 is 0 Å². The van der Waals surface area contributed by atoms with Crippen LogP contribution in [-0.4, -0.2) is 50.0 Å². The zero-order valence-electron chi connectivity index (χ0n) is 20.5. The van der Waals surface area contributed by atoms with Crippen molar-refractivity contribution in [3.05, 3.63) is 62.1 Å². The maximum atomic E-state index is 13.7. The number of nitrogens with zero attached hydrogens (tertiary/aromatic N) is 2. The highest BCUT2D eigenvalue weighted by atomic mass is 35.5. The second-order valence-electron chi connectivity index (χ2n) is 9.14. The highest BCUT2D eigenvalue weighted by Crippen LogP contribution is 2.29. The minimum Gasteiger partial charge on any atom is -0.352 e. The van der Waals surface area contributed by atoms with E-state index in [2.05, 4.69) is 5.32 Å². The first-order valence-corrected chi connectivity index (χ1v) is 15.2. The Bertz CT molecular complexity index is 1210. The summed E-state index contributed by atoms with van der Waals surface area (Å²) in [6.07, 6.45) is 5.92. The van der Waals surface area contributed by atoms with Crippen LogP contribution in [0.3, 0.4) is 0 Å². The molecule has 1 aliphatic carbocycles. The Labute approximate surface area is 238 Å². The molecule has 2 amide bonds. The van der Waals surface area contributed by atoms with Gasteiger partial charge in [0.2, 0.25) is 21.8 Å². The Kier molecular flexibility index (Phi) is 10.4. The lowest BCUT2D eigenvalue weighted by Crippen LogP contribution is -2.53. The summed E-state index contributed by atoms with van der Waals surface area (Å²) in [4.78, 5) is 28.2. The summed E-state index contributed by atoms with van der Waals surface area (Å²) in [5, 5.41) is 4.11. The molecular weight excluding hydrogens is 580 g/mol. The van der Waals surface area contributed by atoms with Gasteiger partial charge in [0.1, 0.15) is 12.6 Å². The second-order valence-corrected chi connectivity index (χ2v) is 12.7. The number of anilines is 1. The average molecular weight is 609 g/mol. The molecule has 2 aromatic carbocycles. The average Bonchev–Trinajstić information content (AvgIpc) is 2.81. The lowest BCUT2D eigenvalue weighted by atomic mass is 9.95. The van der Waals surface area contributed by atoms with E-state index in [1.807, 2.05) is 0 Å². The number of amides is 2. The summed E-state index contributed by atoms with van der Waals surface area (Å²) in [6.45, 7) is 0.922. The molecule has 0 spiro atoms. The highest BCUT2D eigenvalue weighted by Gasteiger charge is 2.32. The van der Waals surface area contributed by atoms with E-state index >= 15 is 0 Å². The molecule has 0 radical (unpaired) electrons. The molecule has 2 aromatic rings. The standard InChI is InChI=1S/C25H29Cl4N3O4S/c1-16(25(34)30-19-7-4-3-5-8-19)31(14-21-22(28)9-6-10-23(21)29)24(33)15-32(37(2,35)36)20-12-17(26)11-18(27)13-20/h6,9-13,16,19H,3-5,7-8,14-15H2,1-2H3,(H,30,34). The lowest BCUT2D eigenvalue weighted by molar-refractivity contribution is -0.139. The van der Waals surface area contributed by atoms with Crippen LogP contribution >= 0.6 is 46.4 Å². The summed E-state index contributed by atoms with van der Waals surface area (Å²) < 4.78 is 26.3. The SMILES string of the molecule is CC(C(=O)NC1CCCCC1)N(Cc1c(Cl)cccc1Cl)C(=O)CN(c1cc(Cl)cc(Cl)c1)S(C)(=O)=O. The van der Waals surface area contributed by atoms with Gasteiger partial charge in [0, 0.05) is 38.2 Å². The Hall–Kier alpha value is -1.71. The van der Waals surface area contributed by atoms with E-state index in [0.29, 0.717) is 15.6 Å². The van der Waals surface area contributed by atoms with Crippen molar-refractivity contribution < 1.29 is 18.0 Å². The van der Waals surface area contributed by atoms with Gasteiger partial charge in [-0.25, -0.2) is 8.42 Å². The molecule has 1 atom stereocenters. The van der Waals surface area contributed by atoms with Gasteiger partial charge in [-0.15, -0.1) is 0 Å². The van der Waals surface area contributed by atoms with Gasteiger partial charge in [0.05, 0.1) is 11.9 Å². The molecule has 3 rings (SSSR count). The van der Waals surface area contributed by atoms with Crippen LogP contribution in [-0.2, 0) is 26.2 Å². The van der Waals surface area contributed by atoms with Gasteiger partial charge in [-0.05, 0) is 50.1 Å². The Morgan fingerprint density at radius 3 is 2.11 bits per heavy atom. The number of benzene rings is 2. The lowest BCUT2D eigenvalue weighted by Gasteiger charge is -2.33. The van der Waals surface area contributed by atoms with Gasteiger partial charge in [0.15, 0.2) is 0 Å². The van der Waals surface area contributed by atoms with Crippen molar-refractivity contribution in [1.82, 2.24) is 10.2 Å². The van der Waals surface area contributed by atoms with E-state index in [0.717, 1.165) is 42.7 Å². The zero-order valence-corrected chi connectivity index (χ0v) is 24.4. The summed E-state index contributed by atoms with van der Waals surface area (Å²) in [5.41, 5.74) is 0.580. The number of hydrogen-bond acceptors (Lipinski definition) is 4. The van der Waals surface area contributed by atoms with Crippen LogP contribution in [0.15, 0.2) is 36.4 Å². The molecule has 0 aliphatic heterocycles. The normalized spacial score (nSPS) is 15.2. The fraction of sp³-hybridized carbons (Fsp3) is 0.440. The molecule has 1 N–H and O–H groups in total. The molecule has 0 aromatic heterocycles. The topological polar surface area (TPSA) is 86.8 Å². The minimum absolute atomic E-state index is 0.0330. The van der Waals surface area contributed by atoms with E-state index in [1.165, 1.54) is 23.1 Å². The van der Waals surface area contributed by atoms with E-state index in [-0.39, 0.29) is 34.2 Å². The van der Waals surface area contributed by atoms with Crippen molar-refractivity contribution in [2.75, 3.05) is 17.1 Å². The zero-order chi connectivity index (χ0) is 27.3. The Morgan fingerprint density at radius 1 is 1.00 bits per heavy atom. The van der Waals surface area contributed by atoms with E-state index in [4.69, 9.17) is 46.4 Å². The molecule has 37 heavy (non-hydrogen) atoms. The number of halogens is 4. The molecule has 12 heteroatoms. The second kappa shape index (κ2) is 12.9. The van der Waals surface area contributed by atoms with Crippen molar-refractivity contribution in [2.24, 2.45) is 0 Å². The molecule has 202 valence electrons. The molecule has 1 aliphatic rings. The third kappa shape index (κ3) is 8.14. The minimum atomic E-state index is -3.92. The maximum absolute atomic E-state index is 13.7. The number of carbonyl (C=O) groups is 2. The van der Waals surface area contributed by atoms with Crippen molar-refractivity contribution in [2.45, 2.75) is 57.7 Å². The summed E-state index contributed by atoms with van der Waals surface area (Å²) >= 11 is 24.9. The van der Waals surface area contributed by atoms with Crippen molar-refractivity contribution >= 4 is 73.9 Å². The monoisotopic (exact) mass is 607 g/mol. The van der Waals surface area contributed by atoms with Crippen LogP contribution in [0, 0.1) is 0 Å². The van der Waals surface area contributed by atoms with Crippen LogP contribution < -0.4 is 9.62 Å². The first kappa shape index (κ1) is 29.8. The number of sulfonamides is 1. The van der Waals surface area contributed by atoms with Crippen molar-refractivity contribution in [3.8, 4) is 0 Å². The fourth-order valence-electron chi connectivity index (χ4n) is 4.30. The quantitative estimate of drug-likeness (QED) is 0.382. The van der Waals surface area contributed by atoms with E-state index in [9.17, 15) is 18.0 Å². The number of hydrogen-bond donors (Lipinski definition) is 1. The van der Waals surface area contributed by atoms with Crippen LogP contribution in [0.4, 0.5) is 5.69 Å². The molecule has 1 fully saturated rings. The third-order valence-corrected chi connectivity index (χ3v) is 8.61. The van der Waals surface area contributed by atoms with Crippen LogP contribution in [0.1, 0.15) is 44.6 Å². The first-order chi connectivity index (χ1) is 17.4. The fourth-order valence-corrected chi connectivity index (χ4v) is 6.17. The maximum Gasteiger partial charge on any atom is 0.244 e. The number of carbonyl (C=O) groups excluding carboxylic acids is 2. The largest absolute Gasteiger partial charge is 0.352 e. The Balaban J connectivity index is 1.94. The molecule has 1 unspecified atom stereocenters. The number of rotatable bonds is 9. The Morgan fingerprint density at radius 2 is 1.57 bits per heavy atom. The van der Waals surface area contributed by atoms with Crippen molar-refractivity contribution in [1.29, 1.82) is 0 Å². The summed E-state index contributed by atoms with van der Waals surface area (Å²) in [7, 11) is -3.92. The predicted molar refractivity (Wildman–Crippen MR) is 150 cm³/mol. The predicted octanol–water partition coefficient (Wildman–Crippen LogP) is 5.93. The van der Waals surface area contributed by atoms with Gasteiger partial charge in [0.25, 0.3) is 0 Å². The van der Waals surface area contributed by atoms with E-state index in [1.54, 1.807) is 25.1 Å². The molecule has 0 saturated heterocycles. The summed E-state index contributed by atoms with van der Waals surface area (Å²) in [5.74, 6) is -0.955. The summed E-state index contributed by atoms with van der Waals surface area (Å²) in [6, 6.07) is 8.31. The van der Waals surface area contributed by atoms with E-state index < -0.39 is 28.5 Å². The van der Waals surface area contributed by atoms with Crippen molar-refractivity contribution in [3.63, 3.8) is 0 Å². The van der Waals surface area contributed by atoms with Gasteiger partial charge in [-0.3, -0.25) is 13.9 Å². The van der Waals surface area contributed by atoms with Crippen LogP contribution in [0.2, 0.25) is 20.1 Å². The smallest absolute Gasteiger partial charge is 0.244 e. The third-order valence-electron chi connectivity index (χ3n) is 6.32. The first-order valence-electron chi connectivity index (χ1n) is 11.8. The molecule has 7 nitrogen and oxygen atoms in total. The molecule has 0 bridgehead atoms. The highest BCUT2D eigenvalue weighted by molar-refractivity contribution is 7.92. The number of nitrogens with one attached hydrogen (secondary N) is 1. The van der Waals surface area contributed by atoms with Gasteiger partial charge in [-0.2, -0.15) is 0 Å².